The lowest BCUT2D eigenvalue weighted by molar-refractivity contribution is -0.120. The molecule has 158 valence electrons. The number of benzene rings is 2. The molecule has 0 bridgehead atoms. The molecule has 0 saturated heterocycles. The molecule has 0 spiro atoms. The molecule has 8 heteroatoms. The molecule has 1 atom stereocenters. The van der Waals surface area contributed by atoms with Gasteiger partial charge in [0.2, 0.25) is 5.91 Å². The third-order valence-corrected chi connectivity index (χ3v) is 5.96. The number of aryl methyl sites for hydroxylation is 1. The van der Waals surface area contributed by atoms with Crippen molar-refractivity contribution >= 4 is 29.3 Å². The van der Waals surface area contributed by atoms with E-state index >= 15 is 0 Å². The van der Waals surface area contributed by atoms with Gasteiger partial charge in [0, 0.05) is 16.3 Å². The van der Waals surface area contributed by atoms with Gasteiger partial charge < -0.3 is 9.73 Å². The van der Waals surface area contributed by atoms with E-state index in [1.807, 2.05) is 66.9 Å². The zero-order valence-corrected chi connectivity index (χ0v) is 18.7. The molecule has 0 aliphatic carbocycles. The third-order valence-electron chi connectivity index (χ3n) is 4.66. The van der Waals surface area contributed by atoms with Gasteiger partial charge in [-0.2, -0.15) is 0 Å². The van der Waals surface area contributed by atoms with E-state index in [0.29, 0.717) is 28.3 Å². The Labute approximate surface area is 189 Å². The second kappa shape index (κ2) is 9.41. The largest absolute Gasteiger partial charge is 0.467 e. The van der Waals surface area contributed by atoms with Gasteiger partial charge in [-0.15, -0.1) is 10.2 Å². The van der Waals surface area contributed by atoms with Crippen molar-refractivity contribution in [3.05, 3.63) is 83.3 Å². The first-order valence-corrected chi connectivity index (χ1v) is 11.0. The summed E-state index contributed by atoms with van der Waals surface area (Å²) in [5.74, 6) is 1.29. The Hall–Kier alpha value is -3.03. The average Bonchev–Trinajstić information content (AvgIpc) is 3.42. The van der Waals surface area contributed by atoms with E-state index in [9.17, 15) is 4.79 Å². The summed E-state index contributed by atoms with van der Waals surface area (Å²) in [7, 11) is 0. The molecule has 1 unspecified atom stereocenters. The van der Waals surface area contributed by atoms with Crippen molar-refractivity contribution in [2.75, 3.05) is 0 Å². The van der Waals surface area contributed by atoms with Crippen LogP contribution < -0.4 is 5.32 Å². The maximum atomic E-state index is 12.6. The van der Waals surface area contributed by atoms with Crippen molar-refractivity contribution in [3.63, 3.8) is 0 Å². The molecule has 1 amide bonds. The molecule has 1 N–H and O–H groups in total. The smallest absolute Gasteiger partial charge is 0.233 e. The van der Waals surface area contributed by atoms with Crippen LogP contribution in [0.15, 0.2) is 76.5 Å². The maximum absolute atomic E-state index is 12.6. The number of amides is 1. The highest BCUT2D eigenvalue weighted by Gasteiger charge is 2.22. The Kier molecular flexibility index (Phi) is 6.44. The van der Waals surface area contributed by atoms with Gasteiger partial charge in [-0.1, -0.05) is 35.5 Å². The van der Waals surface area contributed by atoms with Crippen molar-refractivity contribution in [1.29, 1.82) is 0 Å². The number of furan rings is 1. The van der Waals surface area contributed by atoms with Crippen LogP contribution >= 0.6 is 23.4 Å². The number of rotatable bonds is 7. The minimum absolute atomic E-state index is 0.103. The summed E-state index contributed by atoms with van der Waals surface area (Å²) >= 11 is 7.41. The minimum atomic E-state index is -0.374. The van der Waals surface area contributed by atoms with E-state index in [4.69, 9.17) is 16.0 Å². The second-order valence-electron chi connectivity index (χ2n) is 7.04. The van der Waals surface area contributed by atoms with Gasteiger partial charge in [-0.05, 0) is 67.9 Å². The second-order valence-corrected chi connectivity index (χ2v) is 8.79. The first-order chi connectivity index (χ1) is 15.0. The Morgan fingerprint density at radius 3 is 2.68 bits per heavy atom. The summed E-state index contributed by atoms with van der Waals surface area (Å²) in [6.07, 6.45) is 1.59. The van der Waals surface area contributed by atoms with E-state index < -0.39 is 0 Å². The number of nitrogens with zero attached hydrogens (tertiary/aromatic N) is 3. The van der Waals surface area contributed by atoms with Crippen LogP contribution in [0.25, 0.3) is 17.1 Å². The Bertz CT molecular complexity index is 1170. The first kappa shape index (κ1) is 21.2. The van der Waals surface area contributed by atoms with Crippen LogP contribution in [0.1, 0.15) is 18.2 Å². The highest BCUT2D eigenvalue weighted by Crippen LogP contribution is 2.31. The van der Waals surface area contributed by atoms with Crippen molar-refractivity contribution < 1.29 is 9.21 Å². The van der Waals surface area contributed by atoms with Crippen molar-refractivity contribution in [3.8, 4) is 17.1 Å². The fraction of sp³-hybridized carbons (Fsp3) is 0.174. The van der Waals surface area contributed by atoms with Crippen LogP contribution in [-0.2, 0) is 11.3 Å². The monoisotopic (exact) mass is 452 g/mol. The Morgan fingerprint density at radius 2 is 1.97 bits per heavy atom. The maximum Gasteiger partial charge on any atom is 0.233 e. The lowest BCUT2D eigenvalue weighted by atomic mass is 10.2. The van der Waals surface area contributed by atoms with Gasteiger partial charge in [-0.25, -0.2) is 0 Å². The molecule has 31 heavy (non-hydrogen) atoms. The highest BCUT2D eigenvalue weighted by molar-refractivity contribution is 8.00. The van der Waals surface area contributed by atoms with E-state index in [1.54, 1.807) is 12.3 Å². The third kappa shape index (κ3) is 5.00. The molecule has 0 radical (unpaired) electrons. The normalized spacial score (nSPS) is 12.0. The van der Waals surface area contributed by atoms with Gasteiger partial charge in [0.25, 0.3) is 0 Å². The highest BCUT2D eigenvalue weighted by atomic mass is 35.5. The predicted molar refractivity (Wildman–Crippen MR) is 122 cm³/mol. The van der Waals surface area contributed by atoms with E-state index in [0.717, 1.165) is 16.8 Å². The Morgan fingerprint density at radius 1 is 1.16 bits per heavy atom. The summed E-state index contributed by atoms with van der Waals surface area (Å²) in [5, 5.41) is 12.6. The zero-order valence-electron chi connectivity index (χ0n) is 17.1. The number of carbonyl (C=O) groups excluding carboxylic acids is 1. The van der Waals surface area contributed by atoms with Gasteiger partial charge in [0.15, 0.2) is 11.0 Å². The summed E-state index contributed by atoms with van der Waals surface area (Å²) < 4.78 is 7.24. The number of aromatic nitrogens is 3. The molecular weight excluding hydrogens is 432 g/mol. The van der Waals surface area contributed by atoms with Gasteiger partial charge in [0.1, 0.15) is 5.76 Å². The van der Waals surface area contributed by atoms with E-state index in [1.165, 1.54) is 11.8 Å². The minimum Gasteiger partial charge on any atom is -0.467 e. The molecular formula is C23H21ClN4O2S. The molecule has 0 fully saturated rings. The van der Waals surface area contributed by atoms with Crippen LogP contribution in [0.2, 0.25) is 5.02 Å². The average molecular weight is 453 g/mol. The summed E-state index contributed by atoms with van der Waals surface area (Å²) in [5.41, 5.74) is 2.94. The molecule has 0 aliphatic rings. The van der Waals surface area contributed by atoms with Crippen molar-refractivity contribution in [2.45, 2.75) is 30.8 Å². The van der Waals surface area contributed by atoms with Crippen LogP contribution in [0.4, 0.5) is 0 Å². The molecule has 0 aliphatic heterocycles. The van der Waals surface area contributed by atoms with E-state index in [-0.39, 0.29) is 11.2 Å². The number of carbonyl (C=O) groups is 1. The van der Waals surface area contributed by atoms with Crippen LogP contribution in [-0.4, -0.2) is 25.9 Å². The number of thioether (sulfide) groups is 1. The van der Waals surface area contributed by atoms with Crippen molar-refractivity contribution in [2.24, 2.45) is 0 Å². The van der Waals surface area contributed by atoms with E-state index in [2.05, 4.69) is 21.6 Å². The number of nitrogens with one attached hydrogen (secondary N) is 1. The quantitative estimate of drug-likeness (QED) is 0.386. The standard InChI is InChI=1S/C23H21ClN4O2S/c1-15-5-3-6-19(13-15)28-21(17-8-10-18(24)11-9-17)26-27-23(28)31-16(2)22(29)25-14-20-7-4-12-30-20/h3-13,16H,14H2,1-2H3,(H,25,29). The summed E-state index contributed by atoms with van der Waals surface area (Å²) in [6.45, 7) is 4.23. The summed E-state index contributed by atoms with van der Waals surface area (Å²) in [6, 6.07) is 19.2. The van der Waals surface area contributed by atoms with Gasteiger partial charge in [-0.3, -0.25) is 9.36 Å². The zero-order chi connectivity index (χ0) is 21.8. The Balaban J connectivity index is 1.62. The first-order valence-electron chi connectivity index (χ1n) is 9.76. The predicted octanol–water partition coefficient (Wildman–Crippen LogP) is 5.29. The van der Waals surface area contributed by atoms with Gasteiger partial charge in [0.05, 0.1) is 18.1 Å². The number of hydrogen-bond acceptors (Lipinski definition) is 5. The van der Waals surface area contributed by atoms with Gasteiger partial charge >= 0.3 is 0 Å². The topological polar surface area (TPSA) is 73.0 Å². The molecule has 4 aromatic rings. The fourth-order valence-electron chi connectivity index (χ4n) is 3.07. The lowest BCUT2D eigenvalue weighted by Crippen LogP contribution is -2.30. The SMILES string of the molecule is Cc1cccc(-n2c(SC(C)C(=O)NCc3ccco3)nnc2-c2ccc(Cl)cc2)c1. The number of halogens is 1. The summed E-state index contributed by atoms with van der Waals surface area (Å²) in [4.78, 5) is 12.6. The van der Waals surface area contributed by atoms with Crippen LogP contribution in [0.5, 0.6) is 0 Å². The van der Waals surface area contributed by atoms with Crippen molar-refractivity contribution in [1.82, 2.24) is 20.1 Å². The molecule has 0 saturated carbocycles. The molecule has 2 aromatic heterocycles. The van der Waals surface area contributed by atoms with Crippen LogP contribution in [0, 0.1) is 6.92 Å². The molecule has 2 aromatic carbocycles. The number of hydrogen-bond donors (Lipinski definition) is 1. The molecule has 6 nitrogen and oxygen atoms in total. The van der Waals surface area contributed by atoms with Crippen LogP contribution in [0.3, 0.4) is 0 Å². The fourth-order valence-corrected chi connectivity index (χ4v) is 4.09. The lowest BCUT2D eigenvalue weighted by Gasteiger charge is -2.14. The molecule has 2 heterocycles. The molecule has 4 rings (SSSR count).